The summed E-state index contributed by atoms with van der Waals surface area (Å²) < 4.78 is 5.10. The van der Waals surface area contributed by atoms with Crippen LogP contribution in [0, 0.1) is 19.3 Å². The predicted octanol–water partition coefficient (Wildman–Crippen LogP) is 2.44. The molecule has 0 spiro atoms. The van der Waals surface area contributed by atoms with Crippen LogP contribution in [0.4, 0.5) is 0 Å². The van der Waals surface area contributed by atoms with Crippen molar-refractivity contribution in [2.24, 2.45) is 0 Å². The number of carbonyl (C=O) groups excluding carboxylic acids is 2. The zero-order valence-corrected chi connectivity index (χ0v) is 14.2. The van der Waals surface area contributed by atoms with Crippen LogP contribution in [0.3, 0.4) is 0 Å². The Bertz CT molecular complexity index is 804. The van der Waals surface area contributed by atoms with Crippen LogP contribution < -0.4 is 10.6 Å². The van der Waals surface area contributed by atoms with Crippen molar-refractivity contribution in [3.63, 3.8) is 0 Å². The maximum absolute atomic E-state index is 12.4. The molecule has 0 aliphatic heterocycles. The van der Waals surface area contributed by atoms with Crippen LogP contribution in [0.5, 0.6) is 0 Å². The largest absolute Gasteiger partial charge is 0.360 e. The highest BCUT2D eigenvalue weighted by Crippen LogP contribution is 2.36. The lowest BCUT2D eigenvalue weighted by Crippen LogP contribution is -2.37. The lowest BCUT2D eigenvalue weighted by Gasteiger charge is -2.07. The van der Waals surface area contributed by atoms with Gasteiger partial charge in [0.25, 0.3) is 5.91 Å². The summed E-state index contributed by atoms with van der Waals surface area (Å²) in [4.78, 5) is 23.9. The number of nitrogens with one attached hydrogen (secondary N) is 2. The van der Waals surface area contributed by atoms with Gasteiger partial charge in [-0.3, -0.25) is 9.59 Å². The fraction of sp³-hybridized carbons (Fsp3) is 0.188. The highest BCUT2D eigenvalue weighted by molar-refractivity contribution is 6.39. The van der Waals surface area contributed by atoms with E-state index >= 15 is 0 Å². The zero-order valence-electron chi connectivity index (χ0n) is 12.7. The van der Waals surface area contributed by atoms with Crippen molar-refractivity contribution < 1.29 is 14.1 Å². The van der Waals surface area contributed by atoms with Gasteiger partial charge in [0.15, 0.2) is 0 Å². The van der Waals surface area contributed by atoms with E-state index < -0.39 is 11.8 Å². The summed E-state index contributed by atoms with van der Waals surface area (Å²) in [7, 11) is 0. The summed E-state index contributed by atoms with van der Waals surface area (Å²) in [6.07, 6.45) is 5.04. The summed E-state index contributed by atoms with van der Waals surface area (Å²) in [5, 5.41) is 9.45. The summed E-state index contributed by atoms with van der Waals surface area (Å²) in [6, 6.07) is 4.93. The molecule has 0 bridgehead atoms. The first-order chi connectivity index (χ1) is 11.5. The molecule has 0 radical (unpaired) electrons. The molecule has 0 saturated heterocycles. The van der Waals surface area contributed by atoms with Gasteiger partial charge in [0, 0.05) is 5.56 Å². The van der Waals surface area contributed by atoms with Gasteiger partial charge >= 0.3 is 0 Å². The summed E-state index contributed by atoms with van der Waals surface area (Å²) in [5.74, 6) is 1.61. The van der Waals surface area contributed by atoms with Gasteiger partial charge < -0.3 is 15.2 Å². The van der Waals surface area contributed by atoms with Gasteiger partial charge in [-0.25, -0.2) is 0 Å². The lowest BCUT2D eigenvalue weighted by molar-refractivity contribution is -0.119. The Balaban J connectivity index is 2.26. The molecule has 2 amide bonds. The number of benzene rings is 1. The van der Waals surface area contributed by atoms with Gasteiger partial charge in [0.05, 0.1) is 23.1 Å². The molecule has 8 heteroatoms. The number of aromatic nitrogens is 1. The van der Waals surface area contributed by atoms with Gasteiger partial charge in [-0.1, -0.05) is 40.3 Å². The first-order valence-electron chi connectivity index (χ1n) is 6.84. The molecular weight excluding hydrogens is 353 g/mol. The van der Waals surface area contributed by atoms with E-state index in [9.17, 15) is 9.59 Å². The van der Waals surface area contributed by atoms with Crippen molar-refractivity contribution in [2.45, 2.75) is 6.92 Å². The third-order valence-electron chi connectivity index (χ3n) is 3.09. The van der Waals surface area contributed by atoms with Crippen molar-refractivity contribution in [2.75, 3.05) is 13.1 Å². The number of amides is 2. The zero-order chi connectivity index (χ0) is 17.7. The number of halogens is 2. The third-order valence-corrected chi connectivity index (χ3v) is 3.72. The molecule has 6 nitrogen and oxygen atoms in total. The van der Waals surface area contributed by atoms with Gasteiger partial charge in [-0.15, -0.1) is 6.42 Å². The molecule has 1 heterocycles. The number of hydrogen-bond acceptors (Lipinski definition) is 4. The van der Waals surface area contributed by atoms with Crippen molar-refractivity contribution in [1.82, 2.24) is 15.8 Å². The fourth-order valence-corrected chi connectivity index (χ4v) is 2.57. The maximum atomic E-state index is 12.4. The van der Waals surface area contributed by atoms with Crippen LogP contribution in [0.2, 0.25) is 10.0 Å². The van der Waals surface area contributed by atoms with Crippen LogP contribution in [-0.4, -0.2) is 30.1 Å². The highest BCUT2D eigenvalue weighted by atomic mass is 35.5. The van der Waals surface area contributed by atoms with E-state index in [1.165, 1.54) is 0 Å². The predicted molar refractivity (Wildman–Crippen MR) is 90.9 cm³/mol. The Morgan fingerprint density at radius 1 is 1.29 bits per heavy atom. The van der Waals surface area contributed by atoms with E-state index in [2.05, 4.69) is 21.7 Å². The Kier molecular flexibility index (Phi) is 5.85. The molecule has 0 atom stereocenters. The van der Waals surface area contributed by atoms with Gasteiger partial charge in [-0.05, 0) is 19.1 Å². The first kappa shape index (κ1) is 17.9. The lowest BCUT2D eigenvalue weighted by atomic mass is 10.1. The normalized spacial score (nSPS) is 10.1. The van der Waals surface area contributed by atoms with Gasteiger partial charge in [0.2, 0.25) is 5.91 Å². The average molecular weight is 366 g/mol. The van der Waals surface area contributed by atoms with Crippen molar-refractivity contribution in [3.8, 4) is 23.6 Å². The van der Waals surface area contributed by atoms with E-state index in [1.807, 2.05) is 0 Å². The van der Waals surface area contributed by atoms with E-state index in [1.54, 1.807) is 25.1 Å². The maximum Gasteiger partial charge on any atom is 0.257 e. The molecule has 0 aliphatic rings. The van der Waals surface area contributed by atoms with E-state index in [-0.39, 0.29) is 30.1 Å². The number of terminal acetylenes is 1. The first-order valence-corrected chi connectivity index (χ1v) is 7.60. The minimum absolute atomic E-state index is 0.0848. The number of hydrogen-bond donors (Lipinski definition) is 2. The van der Waals surface area contributed by atoms with Gasteiger partial charge in [-0.2, -0.15) is 0 Å². The Morgan fingerprint density at radius 3 is 2.58 bits per heavy atom. The van der Waals surface area contributed by atoms with E-state index in [0.29, 0.717) is 15.6 Å². The molecule has 2 aromatic rings. The number of aryl methyl sites for hydroxylation is 1. The second-order valence-corrected chi connectivity index (χ2v) is 5.54. The smallest absolute Gasteiger partial charge is 0.257 e. The minimum atomic E-state index is -0.532. The fourth-order valence-electron chi connectivity index (χ4n) is 2.00. The van der Waals surface area contributed by atoms with Crippen molar-refractivity contribution >= 4 is 35.0 Å². The molecule has 0 fully saturated rings. The molecule has 1 aromatic heterocycles. The minimum Gasteiger partial charge on any atom is -0.360 e. The standard InChI is InChI=1S/C16H13Cl2N3O3/c1-3-7-19-12(22)8-20-16(23)13-9(2)24-21-15(13)14-10(17)5-4-6-11(14)18/h1,4-6H,7-8H2,2H3,(H,19,22)(H,20,23). The van der Waals surface area contributed by atoms with Crippen LogP contribution in [0.25, 0.3) is 11.3 Å². The molecule has 0 saturated carbocycles. The molecule has 124 valence electrons. The molecular formula is C16H13Cl2N3O3. The Labute approximate surface area is 148 Å². The van der Waals surface area contributed by atoms with Crippen molar-refractivity contribution in [3.05, 3.63) is 39.6 Å². The Hall–Kier alpha value is -2.49. The van der Waals surface area contributed by atoms with Crippen LogP contribution in [-0.2, 0) is 4.79 Å². The molecule has 0 aliphatic carbocycles. The SMILES string of the molecule is C#CCNC(=O)CNC(=O)c1c(-c2c(Cl)cccc2Cl)noc1C. The van der Waals surface area contributed by atoms with Crippen molar-refractivity contribution in [1.29, 1.82) is 0 Å². The second-order valence-electron chi connectivity index (χ2n) is 4.72. The Morgan fingerprint density at radius 2 is 1.96 bits per heavy atom. The summed E-state index contributed by atoms with van der Waals surface area (Å²) in [5.41, 5.74) is 0.763. The molecule has 24 heavy (non-hydrogen) atoms. The van der Waals surface area contributed by atoms with Crippen LogP contribution in [0.15, 0.2) is 22.7 Å². The monoisotopic (exact) mass is 365 g/mol. The van der Waals surface area contributed by atoms with E-state index in [0.717, 1.165) is 0 Å². The number of nitrogens with zero attached hydrogens (tertiary/aromatic N) is 1. The molecule has 1 aromatic carbocycles. The quantitative estimate of drug-likeness (QED) is 0.797. The van der Waals surface area contributed by atoms with Crippen LogP contribution >= 0.6 is 23.2 Å². The number of rotatable bonds is 5. The molecule has 2 rings (SSSR count). The topological polar surface area (TPSA) is 84.2 Å². The van der Waals surface area contributed by atoms with Crippen LogP contribution in [0.1, 0.15) is 16.1 Å². The summed E-state index contributed by atoms with van der Waals surface area (Å²) in [6.45, 7) is 1.43. The highest BCUT2D eigenvalue weighted by Gasteiger charge is 2.24. The average Bonchev–Trinajstić information content (AvgIpc) is 2.92. The van der Waals surface area contributed by atoms with E-state index in [4.69, 9.17) is 34.1 Å². The van der Waals surface area contributed by atoms with Gasteiger partial charge in [0.1, 0.15) is 17.0 Å². The third kappa shape index (κ3) is 3.88. The second kappa shape index (κ2) is 7.86. The summed E-state index contributed by atoms with van der Waals surface area (Å²) >= 11 is 12.3. The molecule has 2 N–H and O–H groups in total. The molecule has 0 unspecified atom stereocenters. The number of carbonyl (C=O) groups is 2.